The van der Waals surface area contributed by atoms with Crippen LogP contribution in [-0.4, -0.2) is 25.0 Å². The molecule has 0 aromatic heterocycles. The zero-order chi connectivity index (χ0) is 17.6. The van der Waals surface area contributed by atoms with E-state index in [4.69, 9.17) is 4.74 Å². The molecule has 0 bridgehead atoms. The summed E-state index contributed by atoms with van der Waals surface area (Å²) in [6.45, 7) is 0.951. The van der Waals surface area contributed by atoms with Crippen molar-refractivity contribution < 1.29 is 18.7 Å². The molecule has 2 aromatic rings. The van der Waals surface area contributed by atoms with Gasteiger partial charge < -0.3 is 15.0 Å². The summed E-state index contributed by atoms with van der Waals surface area (Å²) in [5.74, 6) is 0.127. The Labute approximate surface area is 145 Å². The molecule has 2 aromatic carbocycles. The number of carbonyl (C=O) groups is 2. The molecule has 6 heteroatoms. The summed E-state index contributed by atoms with van der Waals surface area (Å²) in [7, 11) is 0. The lowest BCUT2D eigenvalue weighted by atomic mass is 10.2. The van der Waals surface area contributed by atoms with Crippen LogP contribution in [-0.2, 0) is 16.1 Å². The monoisotopic (exact) mass is 342 g/mol. The van der Waals surface area contributed by atoms with Gasteiger partial charge in [0, 0.05) is 25.2 Å². The van der Waals surface area contributed by atoms with E-state index in [0.717, 1.165) is 24.2 Å². The molecule has 0 unspecified atom stereocenters. The quantitative estimate of drug-likeness (QED) is 0.878. The minimum Gasteiger partial charge on any atom is -0.484 e. The fourth-order valence-corrected chi connectivity index (χ4v) is 2.65. The molecule has 1 N–H and O–H groups in total. The number of amides is 2. The van der Waals surface area contributed by atoms with E-state index in [-0.39, 0.29) is 24.2 Å². The molecule has 1 aliphatic heterocycles. The van der Waals surface area contributed by atoms with E-state index in [1.165, 1.54) is 12.1 Å². The van der Waals surface area contributed by atoms with Crippen molar-refractivity contribution in [3.05, 3.63) is 59.9 Å². The first-order valence-corrected chi connectivity index (χ1v) is 8.16. The van der Waals surface area contributed by atoms with Gasteiger partial charge in [0.2, 0.25) is 5.91 Å². The fourth-order valence-electron chi connectivity index (χ4n) is 2.65. The van der Waals surface area contributed by atoms with E-state index in [0.29, 0.717) is 18.7 Å². The highest BCUT2D eigenvalue weighted by Gasteiger charge is 2.21. The van der Waals surface area contributed by atoms with Crippen molar-refractivity contribution in [3.8, 4) is 5.75 Å². The zero-order valence-corrected chi connectivity index (χ0v) is 13.7. The van der Waals surface area contributed by atoms with Gasteiger partial charge in [0.15, 0.2) is 6.61 Å². The molecule has 0 spiro atoms. The summed E-state index contributed by atoms with van der Waals surface area (Å²) >= 11 is 0. The third kappa shape index (κ3) is 4.56. The third-order valence-corrected chi connectivity index (χ3v) is 3.99. The van der Waals surface area contributed by atoms with Crippen LogP contribution in [0.4, 0.5) is 10.1 Å². The molecule has 1 heterocycles. The van der Waals surface area contributed by atoms with Gasteiger partial charge in [-0.3, -0.25) is 9.59 Å². The van der Waals surface area contributed by atoms with Gasteiger partial charge in [0.1, 0.15) is 11.6 Å². The zero-order valence-electron chi connectivity index (χ0n) is 13.7. The molecular formula is C19H19FN2O3. The van der Waals surface area contributed by atoms with Crippen molar-refractivity contribution in [3.63, 3.8) is 0 Å². The first-order valence-electron chi connectivity index (χ1n) is 8.16. The maximum absolute atomic E-state index is 12.8. The Kier molecular flexibility index (Phi) is 5.28. The average molecular weight is 342 g/mol. The van der Waals surface area contributed by atoms with Gasteiger partial charge in [-0.05, 0) is 48.4 Å². The summed E-state index contributed by atoms with van der Waals surface area (Å²) in [4.78, 5) is 25.3. The fraction of sp³-hybridized carbons (Fsp3) is 0.263. The van der Waals surface area contributed by atoms with Gasteiger partial charge in [-0.15, -0.1) is 0 Å². The normalized spacial score (nSPS) is 13.8. The summed E-state index contributed by atoms with van der Waals surface area (Å²) in [6, 6.07) is 13.1. The Morgan fingerprint density at radius 3 is 2.48 bits per heavy atom. The number of nitrogens with one attached hydrogen (secondary N) is 1. The SMILES string of the molecule is O=C(COc1ccc(N2CCCC2=O)cc1)NCc1ccc(F)cc1. The predicted octanol–water partition coefficient (Wildman–Crippen LogP) is 2.65. The molecule has 1 aliphatic rings. The van der Waals surface area contributed by atoms with Gasteiger partial charge in [0.25, 0.3) is 5.91 Å². The smallest absolute Gasteiger partial charge is 0.258 e. The van der Waals surface area contributed by atoms with Gasteiger partial charge in [-0.1, -0.05) is 12.1 Å². The molecule has 130 valence electrons. The number of halogens is 1. The Morgan fingerprint density at radius 2 is 1.84 bits per heavy atom. The minimum absolute atomic E-state index is 0.108. The van der Waals surface area contributed by atoms with Gasteiger partial charge in [-0.25, -0.2) is 4.39 Å². The van der Waals surface area contributed by atoms with Crippen molar-refractivity contribution >= 4 is 17.5 Å². The number of rotatable bonds is 6. The number of anilines is 1. The van der Waals surface area contributed by atoms with E-state index in [1.54, 1.807) is 29.2 Å². The van der Waals surface area contributed by atoms with Crippen molar-refractivity contribution in [2.24, 2.45) is 0 Å². The van der Waals surface area contributed by atoms with Gasteiger partial charge in [-0.2, -0.15) is 0 Å². The lowest BCUT2D eigenvalue weighted by molar-refractivity contribution is -0.123. The van der Waals surface area contributed by atoms with Crippen LogP contribution in [0.2, 0.25) is 0 Å². The largest absolute Gasteiger partial charge is 0.484 e. The number of nitrogens with zero attached hydrogens (tertiary/aromatic N) is 1. The van der Waals surface area contributed by atoms with Gasteiger partial charge >= 0.3 is 0 Å². The van der Waals surface area contributed by atoms with Crippen LogP contribution >= 0.6 is 0 Å². The maximum atomic E-state index is 12.8. The first kappa shape index (κ1) is 17.0. The van der Waals surface area contributed by atoms with Crippen molar-refractivity contribution in [2.45, 2.75) is 19.4 Å². The lowest BCUT2D eigenvalue weighted by Gasteiger charge is -2.16. The first-order chi connectivity index (χ1) is 12.1. The lowest BCUT2D eigenvalue weighted by Crippen LogP contribution is -2.28. The van der Waals surface area contributed by atoms with E-state index in [1.807, 2.05) is 12.1 Å². The highest BCUT2D eigenvalue weighted by atomic mass is 19.1. The van der Waals surface area contributed by atoms with Crippen molar-refractivity contribution in [2.75, 3.05) is 18.1 Å². The van der Waals surface area contributed by atoms with E-state index in [9.17, 15) is 14.0 Å². The predicted molar refractivity (Wildman–Crippen MR) is 91.8 cm³/mol. The second kappa shape index (κ2) is 7.79. The topological polar surface area (TPSA) is 58.6 Å². The molecule has 1 saturated heterocycles. The second-order valence-electron chi connectivity index (χ2n) is 5.83. The van der Waals surface area contributed by atoms with Crippen LogP contribution in [0.1, 0.15) is 18.4 Å². The highest BCUT2D eigenvalue weighted by Crippen LogP contribution is 2.23. The minimum atomic E-state index is -0.308. The second-order valence-corrected chi connectivity index (χ2v) is 5.83. The summed E-state index contributed by atoms with van der Waals surface area (Å²) in [6.07, 6.45) is 1.47. The maximum Gasteiger partial charge on any atom is 0.258 e. The standard InChI is InChI=1S/C19H19FN2O3/c20-15-5-3-14(4-6-15)12-21-18(23)13-25-17-9-7-16(8-10-17)22-11-1-2-19(22)24/h3-10H,1-2,11-13H2,(H,21,23). The molecule has 2 amide bonds. The van der Waals surface area contributed by atoms with Crippen LogP contribution in [0.5, 0.6) is 5.75 Å². The Hall–Kier alpha value is -2.89. The van der Waals surface area contributed by atoms with Crippen LogP contribution < -0.4 is 15.0 Å². The van der Waals surface area contributed by atoms with Crippen LogP contribution in [0.15, 0.2) is 48.5 Å². The molecule has 0 aliphatic carbocycles. The Balaban J connectivity index is 1.45. The highest BCUT2D eigenvalue weighted by molar-refractivity contribution is 5.95. The number of carbonyl (C=O) groups excluding carboxylic acids is 2. The number of ether oxygens (including phenoxy) is 1. The summed E-state index contributed by atoms with van der Waals surface area (Å²) in [5.41, 5.74) is 1.66. The molecule has 0 saturated carbocycles. The van der Waals surface area contributed by atoms with Gasteiger partial charge in [0.05, 0.1) is 0 Å². The van der Waals surface area contributed by atoms with E-state index >= 15 is 0 Å². The molecule has 1 fully saturated rings. The molecule has 0 radical (unpaired) electrons. The van der Waals surface area contributed by atoms with Crippen LogP contribution in [0.3, 0.4) is 0 Å². The molecule has 5 nitrogen and oxygen atoms in total. The molecule has 3 rings (SSSR count). The van der Waals surface area contributed by atoms with Crippen molar-refractivity contribution in [1.82, 2.24) is 5.32 Å². The van der Waals surface area contributed by atoms with Crippen LogP contribution in [0, 0.1) is 5.82 Å². The number of benzene rings is 2. The molecular weight excluding hydrogens is 323 g/mol. The van der Waals surface area contributed by atoms with E-state index in [2.05, 4.69) is 5.32 Å². The number of hydrogen-bond donors (Lipinski definition) is 1. The van der Waals surface area contributed by atoms with Crippen molar-refractivity contribution in [1.29, 1.82) is 0 Å². The molecule has 0 atom stereocenters. The third-order valence-electron chi connectivity index (χ3n) is 3.99. The van der Waals surface area contributed by atoms with E-state index < -0.39 is 0 Å². The average Bonchev–Trinajstić information content (AvgIpc) is 3.06. The molecule has 25 heavy (non-hydrogen) atoms. The summed E-state index contributed by atoms with van der Waals surface area (Å²) in [5, 5.41) is 2.71. The van der Waals surface area contributed by atoms with Crippen LogP contribution in [0.25, 0.3) is 0 Å². The summed E-state index contributed by atoms with van der Waals surface area (Å²) < 4.78 is 18.3. The number of hydrogen-bond acceptors (Lipinski definition) is 3. The Bertz CT molecular complexity index is 744. The Morgan fingerprint density at radius 1 is 1.12 bits per heavy atom.